The van der Waals surface area contributed by atoms with Crippen LogP contribution in [0.5, 0.6) is 5.75 Å². The first kappa shape index (κ1) is 13.3. The lowest BCUT2D eigenvalue weighted by molar-refractivity contribution is -0.136. The first-order chi connectivity index (χ1) is 7.93. The van der Waals surface area contributed by atoms with Gasteiger partial charge in [-0.1, -0.05) is 0 Å². The van der Waals surface area contributed by atoms with Crippen LogP contribution in [0.4, 0.5) is 8.78 Å². The Bertz CT molecular complexity index is 485. The number of rotatable bonds is 4. The molecule has 0 saturated carbocycles. The Morgan fingerprint density at radius 3 is 2.71 bits per heavy atom. The summed E-state index contributed by atoms with van der Waals surface area (Å²) in [5.74, 6) is -1.41. The third kappa shape index (κ3) is 3.60. The fourth-order valence-electron chi connectivity index (χ4n) is 1.22. The van der Waals surface area contributed by atoms with Gasteiger partial charge in [0.1, 0.15) is 11.8 Å². The van der Waals surface area contributed by atoms with E-state index in [4.69, 9.17) is 10.4 Å². The average Bonchev–Trinajstić information content (AvgIpc) is 2.21. The molecule has 0 atom stereocenters. The quantitative estimate of drug-likeness (QED) is 0.812. The Morgan fingerprint density at radius 1 is 1.59 bits per heavy atom. The predicted molar refractivity (Wildman–Crippen MR) is 56.4 cm³/mol. The monoisotopic (exact) mass is 259 g/mol. The van der Waals surface area contributed by atoms with Crippen molar-refractivity contribution in [2.75, 3.05) is 0 Å². The Hall–Kier alpha value is -1.81. The van der Waals surface area contributed by atoms with Crippen LogP contribution in [0.25, 0.3) is 0 Å². The molecule has 7 heteroatoms. The maximum Gasteiger partial charge on any atom is 0.387 e. The number of hydrogen-bond donors (Lipinski definition) is 2. The van der Waals surface area contributed by atoms with Crippen LogP contribution < -0.4 is 4.74 Å². The number of aliphatic carboxylic acids is 1. The second-order valence-corrected chi connectivity index (χ2v) is 3.49. The smallest absolute Gasteiger partial charge is 0.387 e. The normalized spacial score (nSPS) is 10.1. The molecule has 0 spiro atoms. The Balaban J connectivity index is 3.19. The number of nitriles is 1. The van der Waals surface area contributed by atoms with E-state index in [1.807, 2.05) is 0 Å². The fourth-order valence-corrected chi connectivity index (χ4v) is 1.48. The fraction of sp³-hybridized carbons (Fsp3) is 0.200. The Labute approximate surface area is 101 Å². The molecule has 0 heterocycles. The number of benzene rings is 1. The number of carboxylic acid groups (broad SMARTS) is 1. The molecule has 4 nitrogen and oxygen atoms in total. The standard InChI is InChI=1S/C10H7F2NO3S/c11-10(12)16-7-1-5(3-8(14)15)9(17)6(2-7)4-13/h1-2,10,17H,3H2,(H,14,15). The van der Waals surface area contributed by atoms with Gasteiger partial charge in [-0.2, -0.15) is 14.0 Å². The molecule has 0 aliphatic rings. The van der Waals surface area contributed by atoms with Crippen LogP contribution in [-0.2, 0) is 11.2 Å². The summed E-state index contributed by atoms with van der Waals surface area (Å²) < 4.78 is 28.1. The molecule has 0 saturated heterocycles. The molecule has 1 rings (SSSR count). The van der Waals surface area contributed by atoms with Crippen molar-refractivity contribution in [3.8, 4) is 11.8 Å². The van der Waals surface area contributed by atoms with Crippen molar-refractivity contribution >= 4 is 18.6 Å². The Kier molecular flexibility index (Phi) is 4.29. The molecule has 0 radical (unpaired) electrons. The number of carbonyl (C=O) groups is 1. The maximum absolute atomic E-state index is 12.0. The minimum atomic E-state index is -3.04. The highest BCUT2D eigenvalue weighted by molar-refractivity contribution is 7.80. The predicted octanol–water partition coefficient (Wildman–Crippen LogP) is 2.08. The van der Waals surface area contributed by atoms with Crippen molar-refractivity contribution < 1.29 is 23.4 Å². The molecular weight excluding hydrogens is 252 g/mol. The number of nitrogens with zero attached hydrogens (tertiary/aromatic N) is 1. The molecule has 0 unspecified atom stereocenters. The summed E-state index contributed by atoms with van der Waals surface area (Å²) in [5.41, 5.74) is 0.137. The minimum Gasteiger partial charge on any atom is -0.481 e. The van der Waals surface area contributed by atoms with Gasteiger partial charge >= 0.3 is 12.6 Å². The van der Waals surface area contributed by atoms with Gasteiger partial charge in [0.15, 0.2) is 0 Å². The number of halogens is 2. The van der Waals surface area contributed by atoms with Gasteiger partial charge in [0.25, 0.3) is 0 Å². The summed E-state index contributed by atoms with van der Waals surface area (Å²) in [6, 6.07) is 3.94. The first-order valence-electron chi connectivity index (χ1n) is 4.36. The van der Waals surface area contributed by atoms with Gasteiger partial charge in [-0.25, -0.2) is 0 Å². The van der Waals surface area contributed by atoms with Crippen molar-refractivity contribution in [1.82, 2.24) is 0 Å². The van der Waals surface area contributed by atoms with Crippen LogP contribution in [0.15, 0.2) is 17.0 Å². The zero-order chi connectivity index (χ0) is 13.0. The first-order valence-corrected chi connectivity index (χ1v) is 4.81. The molecule has 17 heavy (non-hydrogen) atoms. The van der Waals surface area contributed by atoms with E-state index < -0.39 is 19.0 Å². The van der Waals surface area contributed by atoms with E-state index in [9.17, 15) is 13.6 Å². The third-order valence-corrected chi connectivity index (χ3v) is 2.38. The van der Waals surface area contributed by atoms with Gasteiger partial charge in [-0.05, 0) is 17.7 Å². The van der Waals surface area contributed by atoms with Crippen molar-refractivity contribution in [3.05, 3.63) is 23.3 Å². The average molecular weight is 259 g/mol. The molecule has 0 aromatic heterocycles. The van der Waals surface area contributed by atoms with Crippen LogP contribution in [-0.4, -0.2) is 17.7 Å². The van der Waals surface area contributed by atoms with E-state index in [1.54, 1.807) is 6.07 Å². The topological polar surface area (TPSA) is 70.3 Å². The summed E-state index contributed by atoms with van der Waals surface area (Å²) in [5, 5.41) is 17.4. The highest BCUT2D eigenvalue weighted by Gasteiger charge is 2.13. The molecule has 1 N–H and O–H groups in total. The number of carboxylic acids is 1. The van der Waals surface area contributed by atoms with Gasteiger partial charge in [-0.15, -0.1) is 12.6 Å². The van der Waals surface area contributed by atoms with E-state index in [0.29, 0.717) is 0 Å². The van der Waals surface area contributed by atoms with Gasteiger partial charge in [0.05, 0.1) is 12.0 Å². The second-order valence-electron chi connectivity index (χ2n) is 3.04. The summed E-state index contributed by atoms with van der Waals surface area (Å²) in [4.78, 5) is 10.7. The maximum atomic E-state index is 12.0. The van der Waals surface area contributed by atoms with Gasteiger partial charge in [0, 0.05) is 4.90 Å². The highest BCUT2D eigenvalue weighted by Crippen LogP contribution is 2.26. The summed E-state index contributed by atoms with van der Waals surface area (Å²) in [6.07, 6.45) is -0.423. The zero-order valence-electron chi connectivity index (χ0n) is 8.35. The molecule has 1 aromatic rings. The van der Waals surface area contributed by atoms with Gasteiger partial charge in [-0.3, -0.25) is 4.79 Å². The molecular formula is C10H7F2NO3S. The minimum absolute atomic E-state index is 0.0114. The van der Waals surface area contributed by atoms with E-state index in [2.05, 4.69) is 17.4 Å². The van der Waals surface area contributed by atoms with E-state index in [1.165, 1.54) is 0 Å². The molecule has 0 aliphatic carbocycles. The molecule has 0 amide bonds. The zero-order valence-corrected chi connectivity index (χ0v) is 9.25. The lowest BCUT2D eigenvalue weighted by atomic mass is 10.1. The van der Waals surface area contributed by atoms with E-state index in [0.717, 1.165) is 12.1 Å². The number of hydrogen-bond acceptors (Lipinski definition) is 4. The van der Waals surface area contributed by atoms with Crippen molar-refractivity contribution in [3.63, 3.8) is 0 Å². The van der Waals surface area contributed by atoms with E-state index in [-0.39, 0.29) is 21.8 Å². The molecule has 0 aliphatic heterocycles. The number of thiol groups is 1. The lowest BCUT2D eigenvalue weighted by Gasteiger charge is -2.09. The van der Waals surface area contributed by atoms with Gasteiger partial charge < -0.3 is 9.84 Å². The van der Waals surface area contributed by atoms with Crippen molar-refractivity contribution in [2.45, 2.75) is 17.9 Å². The summed E-state index contributed by atoms with van der Waals surface area (Å²) in [7, 11) is 0. The largest absolute Gasteiger partial charge is 0.481 e. The lowest BCUT2D eigenvalue weighted by Crippen LogP contribution is -2.06. The second kappa shape index (κ2) is 5.50. The van der Waals surface area contributed by atoms with Crippen LogP contribution in [0.1, 0.15) is 11.1 Å². The molecule has 0 bridgehead atoms. The van der Waals surface area contributed by atoms with Crippen LogP contribution in [0, 0.1) is 11.3 Å². The van der Waals surface area contributed by atoms with E-state index >= 15 is 0 Å². The SMILES string of the molecule is N#Cc1cc(OC(F)F)cc(CC(=O)O)c1S. The van der Waals surface area contributed by atoms with Crippen LogP contribution >= 0.6 is 12.6 Å². The van der Waals surface area contributed by atoms with Crippen LogP contribution in [0.3, 0.4) is 0 Å². The summed E-state index contributed by atoms with van der Waals surface area (Å²) in [6.45, 7) is -3.04. The molecule has 90 valence electrons. The van der Waals surface area contributed by atoms with Crippen LogP contribution in [0.2, 0.25) is 0 Å². The molecule has 1 aromatic carbocycles. The Morgan fingerprint density at radius 2 is 2.24 bits per heavy atom. The van der Waals surface area contributed by atoms with Crippen molar-refractivity contribution in [2.24, 2.45) is 0 Å². The third-order valence-electron chi connectivity index (χ3n) is 1.85. The molecule has 0 fully saturated rings. The summed E-state index contributed by atoms with van der Waals surface area (Å²) >= 11 is 3.98. The van der Waals surface area contributed by atoms with Gasteiger partial charge in [0.2, 0.25) is 0 Å². The number of alkyl halides is 2. The highest BCUT2D eigenvalue weighted by atomic mass is 32.1. The number of ether oxygens (including phenoxy) is 1. The van der Waals surface area contributed by atoms with Crippen molar-refractivity contribution in [1.29, 1.82) is 5.26 Å².